The van der Waals surface area contributed by atoms with Crippen molar-refractivity contribution in [3.05, 3.63) is 89.8 Å². The fraction of sp³-hybridized carbons (Fsp3) is 0.208. The number of fused-ring (bicyclic) bond motifs is 1. The van der Waals surface area contributed by atoms with Crippen molar-refractivity contribution in [1.29, 1.82) is 0 Å². The molecular weight excluding hydrogens is 330 g/mol. The zero-order valence-corrected chi connectivity index (χ0v) is 15.9. The molecule has 4 rings (SSSR count). The van der Waals surface area contributed by atoms with E-state index in [2.05, 4.69) is 90.5 Å². The Morgan fingerprint density at radius 2 is 1.93 bits per heavy atom. The summed E-state index contributed by atoms with van der Waals surface area (Å²) in [7, 11) is 0. The molecule has 2 aliphatic rings. The Labute approximate surface area is 161 Å². The van der Waals surface area contributed by atoms with Crippen molar-refractivity contribution in [3.63, 3.8) is 0 Å². The SMILES string of the molecule is C=C(C)c1ccccc1-c1ccc(CC2=C(CC)NC3C=CC=NN23)cc1. The molecule has 2 aliphatic heterocycles. The predicted octanol–water partition coefficient (Wildman–Crippen LogP) is 5.34. The number of hydrazone groups is 1. The van der Waals surface area contributed by atoms with E-state index in [4.69, 9.17) is 0 Å². The maximum absolute atomic E-state index is 4.55. The van der Waals surface area contributed by atoms with Crippen LogP contribution in [0.1, 0.15) is 31.4 Å². The zero-order valence-electron chi connectivity index (χ0n) is 15.9. The van der Waals surface area contributed by atoms with Gasteiger partial charge in [0.15, 0.2) is 0 Å². The fourth-order valence-corrected chi connectivity index (χ4v) is 3.76. The molecule has 2 heterocycles. The van der Waals surface area contributed by atoms with Crippen LogP contribution in [0.25, 0.3) is 16.7 Å². The van der Waals surface area contributed by atoms with Crippen LogP contribution in [0, 0.1) is 0 Å². The Morgan fingerprint density at radius 3 is 2.67 bits per heavy atom. The molecule has 0 saturated heterocycles. The minimum Gasteiger partial charge on any atom is -0.362 e. The second-order valence-electron chi connectivity index (χ2n) is 7.06. The lowest BCUT2D eigenvalue weighted by atomic mass is 9.95. The highest BCUT2D eigenvalue weighted by Gasteiger charge is 2.29. The summed E-state index contributed by atoms with van der Waals surface area (Å²) in [5, 5.41) is 10.2. The smallest absolute Gasteiger partial charge is 0.140 e. The third-order valence-electron chi connectivity index (χ3n) is 5.16. The van der Waals surface area contributed by atoms with Gasteiger partial charge in [0.1, 0.15) is 6.17 Å². The van der Waals surface area contributed by atoms with Gasteiger partial charge in [-0.3, -0.25) is 0 Å². The summed E-state index contributed by atoms with van der Waals surface area (Å²) in [5.74, 6) is 0. The van der Waals surface area contributed by atoms with Gasteiger partial charge >= 0.3 is 0 Å². The molecule has 0 amide bonds. The Balaban J connectivity index is 1.59. The van der Waals surface area contributed by atoms with Gasteiger partial charge in [-0.1, -0.05) is 67.6 Å². The van der Waals surface area contributed by atoms with E-state index in [9.17, 15) is 0 Å². The van der Waals surface area contributed by atoms with E-state index in [1.807, 2.05) is 12.3 Å². The fourth-order valence-electron chi connectivity index (χ4n) is 3.76. The quantitative estimate of drug-likeness (QED) is 0.784. The predicted molar refractivity (Wildman–Crippen MR) is 114 cm³/mol. The van der Waals surface area contributed by atoms with Gasteiger partial charge in [0.2, 0.25) is 0 Å². The molecule has 0 aliphatic carbocycles. The van der Waals surface area contributed by atoms with E-state index in [0.29, 0.717) is 0 Å². The van der Waals surface area contributed by atoms with Gasteiger partial charge < -0.3 is 5.32 Å². The van der Waals surface area contributed by atoms with Crippen LogP contribution >= 0.6 is 0 Å². The number of rotatable bonds is 5. The summed E-state index contributed by atoms with van der Waals surface area (Å²) >= 11 is 0. The first-order valence-corrected chi connectivity index (χ1v) is 9.50. The van der Waals surface area contributed by atoms with Crippen LogP contribution in [0.15, 0.2) is 83.8 Å². The third kappa shape index (κ3) is 3.33. The second kappa shape index (κ2) is 7.28. The van der Waals surface area contributed by atoms with Crippen LogP contribution in [0.3, 0.4) is 0 Å². The highest BCUT2D eigenvalue weighted by molar-refractivity contribution is 5.79. The molecule has 0 aromatic heterocycles. The van der Waals surface area contributed by atoms with Gasteiger partial charge in [0, 0.05) is 18.3 Å². The molecule has 2 aromatic rings. The van der Waals surface area contributed by atoms with E-state index >= 15 is 0 Å². The minimum absolute atomic E-state index is 0.154. The van der Waals surface area contributed by atoms with Crippen molar-refractivity contribution in [1.82, 2.24) is 10.3 Å². The maximum Gasteiger partial charge on any atom is 0.140 e. The van der Waals surface area contributed by atoms with E-state index < -0.39 is 0 Å². The van der Waals surface area contributed by atoms with E-state index in [-0.39, 0.29) is 6.17 Å². The van der Waals surface area contributed by atoms with Gasteiger partial charge in [-0.25, -0.2) is 5.01 Å². The van der Waals surface area contributed by atoms with Crippen LogP contribution in [0.5, 0.6) is 0 Å². The van der Waals surface area contributed by atoms with Gasteiger partial charge in [-0.15, -0.1) is 0 Å². The van der Waals surface area contributed by atoms with Crippen molar-refractivity contribution in [3.8, 4) is 11.1 Å². The molecule has 1 unspecified atom stereocenters. The number of hydrogen-bond acceptors (Lipinski definition) is 3. The molecule has 3 nitrogen and oxygen atoms in total. The van der Waals surface area contributed by atoms with Gasteiger partial charge in [0.05, 0.1) is 5.70 Å². The number of allylic oxidation sites excluding steroid dienone is 4. The normalized spacial score (nSPS) is 17.9. The van der Waals surface area contributed by atoms with E-state index in [1.54, 1.807) is 0 Å². The minimum atomic E-state index is 0.154. The standard InChI is InChI=1S/C24H25N3/c1-4-22-23(27-24(26-22)10-7-15-25-27)16-18-11-13-19(14-12-18)21-9-6-5-8-20(21)17(2)3/h5-15,24,26H,2,4,16H2,1,3H3. The number of nitrogens with one attached hydrogen (secondary N) is 1. The van der Waals surface area contributed by atoms with Crippen molar-refractivity contribution < 1.29 is 0 Å². The summed E-state index contributed by atoms with van der Waals surface area (Å²) in [6.07, 6.45) is 8.01. The van der Waals surface area contributed by atoms with Crippen molar-refractivity contribution in [2.75, 3.05) is 0 Å². The molecule has 0 spiro atoms. The Hall–Kier alpha value is -3.07. The van der Waals surface area contributed by atoms with Crippen LogP contribution in [0.2, 0.25) is 0 Å². The Bertz CT molecular complexity index is 948. The molecule has 27 heavy (non-hydrogen) atoms. The van der Waals surface area contributed by atoms with Gasteiger partial charge in [0.25, 0.3) is 0 Å². The molecule has 3 heteroatoms. The maximum atomic E-state index is 4.55. The molecule has 0 radical (unpaired) electrons. The summed E-state index contributed by atoms with van der Waals surface area (Å²) < 4.78 is 0. The van der Waals surface area contributed by atoms with Crippen molar-refractivity contribution in [2.24, 2.45) is 5.10 Å². The highest BCUT2D eigenvalue weighted by Crippen LogP contribution is 2.30. The lowest BCUT2D eigenvalue weighted by molar-refractivity contribution is 0.310. The van der Waals surface area contributed by atoms with Crippen LogP contribution in [-0.2, 0) is 6.42 Å². The monoisotopic (exact) mass is 355 g/mol. The van der Waals surface area contributed by atoms with Crippen molar-refractivity contribution in [2.45, 2.75) is 32.9 Å². The molecule has 2 aromatic carbocycles. The summed E-state index contributed by atoms with van der Waals surface area (Å²) in [6.45, 7) is 8.36. The summed E-state index contributed by atoms with van der Waals surface area (Å²) in [5.41, 5.74) is 8.59. The lowest BCUT2D eigenvalue weighted by Gasteiger charge is -2.23. The highest BCUT2D eigenvalue weighted by atomic mass is 15.5. The lowest BCUT2D eigenvalue weighted by Crippen LogP contribution is -2.34. The third-order valence-corrected chi connectivity index (χ3v) is 5.16. The van der Waals surface area contributed by atoms with Crippen LogP contribution in [0.4, 0.5) is 0 Å². The van der Waals surface area contributed by atoms with Crippen LogP contribution < -0.4 is 5.32 Å². The first-order chi connectivity index (χ1) is 13.2. The molecule has 1 N–H and O–H groups in total. The molecule has 136 valence electrons. The number of hydrogen-bond donors (Lipinski definition) is 1. The van der Waals surface area contributed by atoms with Gasteiger partial charge in [-0.2, -0.15) is 5.10 Å². The summed E-state index contributed by atoms with van der Waals surface area (Å²) in [6, 6.07) is 17.3. The Morgan fingerprint density at radius 1 is 1.15 bits per heavy atom. The average molecular weight is 355 g/mol. The zero-order chi connectivity index (χ0) is 18.8. The van der Waals surface area contributed by atoms with E-state index in [0.717, 1.165) is 18.4 Å². The summed E-state index contributed by atoms with van der Waals surface area (Å²) in [4.78, 5) is 0. The first kappa shape index (κ1) is 17.3. The average Bonchev–Trinajstić information content (AvgIpc) is 3.06. The van der Waals surface area contributed by atoms with Crippen LogP contribution in [-0.4, -0.2) is 17.4 Å². The largest absolute Gasteiger partial charge is 0.362 e. The number of nitrogens with zero attached hydrogens (tertiary/aromatic N) is 2. The second-order valence-corrected chi connectivity index (χ2v) is 7.06. The molecule has 1 atom stereocenters. The Kier molecular flexibility index (Phi) is 4.68. The first-order valence-electron chi connectivity index (χ1n) is 9.50. The molecular formula is C24H25N3. The molecule has 0 saturated carbocycles. The van der Waals surface area contributed by atoms with Gasteiger partial charge in [-0.05, 0) is 47.8 Å². The molecule has 0 bridgehead atoms. The molecule has 0 fully saturated rings. The number of benzene rings is 2. The van der Waals surface area contributed by atoms with Crippen molar-refractivity contribution >= 4 is 11.8 Å². The topological polar surface area (TPSA) is 27.6 Å². The van der Waals surface area contributed by atoms with E-state index in [1.165, 1.54) is 33.6 Å².